The molecule has 0 radical (unpaired) electrons. The molecule has 2 nitrogen and oxygen atoms in total. The van der Waals surface area contributed by atoms with Gasteiger partial charge in [-0.15, -0.1) is 0 Å². The van der Waals surface area contributed by atoms with Gasteiger partial charge in [-0.05, 0) is 47.3 Å². The number of hydrogen-bond donors (Lipinski definition) is 0. The lowest BCUT2D eigenvalue weighted by Gasteiger charge is -2.29. The third-order valence-electron chi connectivity index (χ3n) is 2.78. The van der Waals surface area contributed by atoms with Gasteiger partial charge in [-0.1, -0.05) is 0 Å². The topological polar surface area (TPSA) is 16.1 Å². The summed E-state index contributed by atoms with van der Waals surface area (Å²) >= 11 is 3.42. The highest BCUT2D eigenvalue weighted by Crippen LogP contribution is 2.23. The molecule has 1 saturated heterocycles. The van der Waals surface area contributed by atoms with Gasteiger partial charge in [0.2, 0.25) is 0 Å². The van der Waals surface area contributed by atoms with Gasteiger partial charge in [0.05, 0.1) is 0 Å². The molecule has 0 N–H and O–H groups in total. The summed E-state index contributed by atoms with van der Waals surface area (Å²) in [6.07, 6.45) is 2.43. The first-order valence-corrected chi connectivity index (χ1v) is 5.97. The fraction of sp³-hybridized carbons (Fsp3) is 0.545. The molecule has 1 aromatic heterocycles. The SMILES string of the molecule is Cc1cc(N2CCC(F)CC2)ncc1Br. The van der Waals surface area contributed by atoms with Crippen LogP contribution in [-0.2, 0) is 0 Å². The molecule has 0 bridgehead atoms. The molecule has 0 spiro atoms. The van der Waals surface area contributed by atoms with Crippen molar-refractivity contribution in [2.45, 2.75) is 25.9 Å². The molecule has 2 rings (SSSR count). The van der Waals surface area contributed by atoms with E-state index in [9.17, 15) is 4.39 Å². The van der Waals surface area contributed by atoms with E-state index in [4.69, 9.17) is 0 Å². The van der Waals surface area contributed by atoms with Crippen LogP contribution >= 0.6 is 15.9 Å². The number of pyridine rings is 1. The fourth-order valence-corrected chi connectivity index (χ4v) is 1.99. The normalized spacial score (nSPS) is 18.2. The number of hydrogen-bond acceptors (Lipinski definition) is 2. The average Bonchev–Trinajstić information content (AvgIpc) is 2.23. The van der Waals surface area contributed by atoms with E-state index in [1.165, 1.54) is 5.56 Å². The first-order valence-electron chi connectivity index (χ1n) is 5.18. The molecule has 2 heterocycles. The Hall–Kier alpha value is -0.640. The van der Waals surface area contributed by atoms with E-state index in [-0.39, 0.29) is 0 Å². The lowest BCUT2D eigenvalue weighted by Crippen LogP contribution is -2.34. The van der Waals surface area contributed by atoms with E-state index in [2.05, 4.69) is 25.8 Å². The third-order valence-corrected chi connectivity index (χ3v) is 3.61. The number of halogens is 2. The van der Waals surface area contributed by atoms with E-state index in [1.54, 1.807) is 0 Å². The van der Waals surface area contributed by atoms with Crippen molar-refractivity contribution in [3.05, 3.63) is 22.3 Å². The van der Waals surface area contributed by atoms with Crippen LogP contribution in [0.5, 0.6) is 0 Å². The average molecular weight is 273 g/mol. The summed E-state index contributed by atoms with van der Waals surface area (Å²) in [6.45, 7) is 3.58. The Morgan fingerprint density at radius 2 is 2.13 bits per heavy atom. The summed E-state index contributed by atoms with van der Waals surface area (Å²) in [6, 6.07) is 2.04. The first-order chi connectivity index (χ1) is 7.16. The highest BCUT2D eigenvalue weighted by molar-refractivity contribution is 9.10. The highest BCUT2D eigenvalue weighted by atomic mass is 79.9. The Balaban J connectivity index is 2.12. The van der Waals surface area contributed by atoms with Gasteiger partial charge in [-0.25, -0.2) is 9.37 Å². The quantitative estimate of drug-likeness (QED) is 0.781. The van der Waals surface area contributed by atoms with Crippen molar-refractivity contribution >= 4 is 21.7 Å². The Bertz CT molecular complexity index is 348. The molecular formula is C11H14BrFN2. The first kappa shape index (κ1) is 10.9. The van der Waals surface area contributed by atoms with Crippen molar-refractivity contribution < 1.29 is 4.39 Å². The molecule has 0 unspecified atom stereocenters. The Kier molecular flexibility index (Phi) is 3.24. The zero-order valence-electron chi connectivity index (χ0n) is 8.71. The van der Waals surface area contributed by atoms with Crippen molar-refractivity contribution in [1.29, 1.82) is 0 Å². The van der Waals surface area contributed by atoms with E-state index >= 15 is 0 Å². The largest absolute Gasteiger partial charge is 0.356 e. The van der Waals surface area contributed by atoms with Gasteiger partial charge < -0.3 is 4.90 Å². The second kappa shape index (κ2) is 4.47. The van der Waals surface area contributed by atoms with Gasteiger partial charge in [0.15, 0.2) is 0 Å². The summed E-state index contributed by atoms with van der Waals surface area (Å²) in [5.41, 5.74) is 1.17. The summed E-state index contributed by atoms with van der Waals surface area (Å²) in [7, 11) is 0. The number of piperidine rings is 1. The highest BCUT2D eigenvalue weighted by Gasteiger charge is 2.19. The van der Waals surface area contributed by atoms with Crippen LogP contribution in [0.3, 0.4) is 0 Å². The van der Waals surface area contributed by atoms with Crippen LogP contribution < -0.4 is 4.90 Å². The number of rotatable bonds is 1. The summed E-state index contributed by atoms with van der Waals surface area (Å²) in [4.78, 5) is 6.49. The summed E-state index contributed by atoms with van der Waals surface area (Å²) in [5.74, 6) is 0.961. The smallest absolute Gasteiger partial charge is 0.128 e. The maximum Gasteiger partial charge on any atom is 0.128 e. The van der Waals surface area contributed by atoms with Crippen LogP contribution in [-0.4, -0.2) is 24.2 Å². The molecule has 0 atom stereocenters. The Morgan fingerprint density at radius 3 is 2.73 bits per heavy atom. The molecule has 0 aromatic carbocycles. The maximum atomic E-state index is 13.0. The number of anilines is 1. The zero-order valence-corrected chi connectivity index (χ0v) is 10.3. The number of aryl methyl sites for hydroxylation is 1. The zero-order chi connectivity index (χ0) is 10.8. The second-order valence-corrected chi connectivity index (χ2v) is 4.81. The van der Waals surface area contributed by atoms with Crippen LogP contribution in [0.1, 0.15) is 18.4 Å². The second-order valence-electron chi connectivity index (χ2n) is 3.95. The van der Waals surface area contributed by atoms with Crippen molar-refractivity contribution in [2.24, 2.45) is 0 Å². The molecule has 0 saturated carbocycles. The van der Waals surface area contributed by atoms with E-state index in [0.29, 0.717) is 12.8 Å². The molecule has 1 aromatic rings. The summed E-state index contributed by atoms with van der Waals surface area (Å²) in [5, 5.41) is 0. The molecule has 82 valence electrons. The Morgan fingerprint density at radius 1 is 1.47 bits per heavy atom. The van der Waals surface area contributed by atoms with E-state index < -0.39 is 6.17 Å². The number of nitrogens with zero attached hydrogens (tertiary/aromatic N) is 2. The van der Waals surface area contributed by atoms with Gasteiger partial charge >= 0.3 is 0 Å². The van der Waals surface area contributed by atoms with E-state index in [0.717, 1.165) is 23.4 Å². The molecule has 0 aliphatic carbocycles. The predicted octanol–water partition coefficient (Wildman–Crippen LogP) is 3.09. The number of aromatic nitrogens is 1. The van der Waals surface area contributed by atoms with Crippen LogP contribution in [0.15, 0.2) is 16.7 Å². The minimum Gasteiger partial charge on any atom is -0.356 e. The number of alkyl halides is 1. The van der Waals surface area contributed by atoms with Crippen LogP contribution in [0.25, 0.3) is 0 Å². The van der Waals surface area contributed by atoms with Crippen molar-refractivity contribution in [1.82, 2.24) is 4.98 Å². The third kappa shape index (κ3) is 2.48. The standard InChI is InChI=1S/C11H14BrFN2/c1-8-6-11(14-7-10(8)12)15-4-2-9(13)3-5-15/h6-7,9H,2-5H2,1H3. The molecule has 4 heteroatoms. The monoisotopic (exact) mass is 272 g/mol. The lowest BCUT2D eigenvalue weighted by molar-refractivity contribution is 0.276. The van der Waals surface area contributed by atoms with Gasteiger partial charge in [-0.3, -0.25) is 0 Å². The van der Waals surface area contributed by atoms with Gasteiger partial charge in [-0.2, -0.15) is 0 Å². The minimum absolute atomic E-state index is 0.622. The molecule has 0 amide bonds. The lowest BCUT2D eigenvalue weighted by atomic mass is 10.1. The van der Waals surface area contributed by atoms with Crippen LogP contribution in [0.4, 0.5) is 10.2 Å². The van der Waals surface area contributed by atoms with Crippen molar-refractivity contribution in [3.63, 3.8) is 0 Å². The maximum absolute atomic E-state index is 13.0. The molecule has 1 fully saturated rings. The van der Waals surface area contributed by atoms with Crippen LogP contribution in [0, 0.1) is 6.92 Å². The van der Waals surface area contributed by atoms with Crippen LogP contribution in [0.2, 0.25) is 0 Å². The summed E-state index contributed by atoms with van der Waals surface area (Å²) < 4.78 is 14.0. The molecule has 15 heavy (non-hydrogen) atoms. The fourth-order valence-electron chi connectivity index (χ4n) is 1.77. The van der Waals surface area contributed by atoms with Gasteiger partial charge in [0.25, 0.3) is 0 Å². The predicted molar refractivity (Wildman–Crippen MR) is 63.0 cm³/mol. The van der Waals surface area contributed by atoms with Gasteiger partial charge in [0.1, 0.15) is 12.0 Å². The molecule has 1 aliphatic heterocycles. The minimum atomic E-state index is -0.627. The van der Waals surface area contributed by atoms with Crippen molar-refractivity contribution in [2.75, 3.05) is 18.0 Å². The Labute approximate surface area is 97.6 Å². The molecule has 1 aliphatic rings. The van der Waals surface area contributed by atoms with Gasteiger partial charge in [0, 0.05) is 23.8 Å². The van der Waals surface area contributed by atoms with Crippen molar-refractivity contribution in [3.8, 4) is 0 Å². The molecular weight excluding hydrogens is 259 g/mol. The van der Waals surface area contributed by atoms with E-state index in [1.807, 2.05) is 19.2 Å².